The molecule has 2 N–H and O–H groups in total. The van der Waals surface area contributed by atoms with Crippen LogP contribution >= 0.6 is 0 Å². The van der Waals surface area contributed by atoms with Gasteiger partial charge in [-0.3, -0.25) is 9.52 Å². The van der Waals surface area contributed by atoms with Gasteiger partial charge in [0.1, 0.15) is 5.75 Å². The predicted molar refractivity (Wildman–Crippen MR) is 127 cm³/mol. The Hall–Kier alpha value is -3.72. The summed E-state index contributed by atoms with van der Waals surface area (Å²) in [6.07, 6.45) is 0. The van der Waals surface area contributed by atoms with Gasteiger partial charge in [0.25, 0.3) is 15.9 Å². The van der Waals surface area contributed by atoms with Gasteiger partial charge in [-0.2, -0.15) is 0 Å². The van der Waals surface area contributed by atoms with Crippen LogP contribution in [0.15, 0.2) is 71.6 Å². The summed E-state index contributed by atoms with van der Waals surface area (Å²) in [5.74, 6) is 1.27. The van der Waals surface area contributed by atoms with Crippen LogP contribution in [0.3, 0.4) is 0 Å². The number of nitrogens with one attached hydrogen (secondary N) is 2. The van der Waals surface area contributed by atoms with Crippen LogP contribution in [-0.2, 0) is 14.8 Å². The number of rotatable bonds is 10. The molecule has 0 fully saturated rings. The zero-order valence-corrected chi connectivity index (χ0v) is 19.4. The molecule has 0 aromatic heterocycles. The fourth-order valence-electron chi connectivity index (χ4n) is 2.95. The molecular weight excluding hydrogens is 444 g/mol. The van der Waals surface area contributed by atoms with Gasteiger partial charge in [0.15, 0.2) is 18.1 Å². The van der Waals surface area contributed by atoms with Crippen molar-refractivity contribution in [1.29, 1.82) is 0 Å². The van der Waals surface area contributed by atoms with Crippen LogP contribution in [0.25, 0.3) is 0 Å². The fourth-order valence-corrected chi connectivity index (χ4v) is 4.01. The SMILES string of the molecule is CCOc1ccc(NS(=O)(=O)c2ccc(NC(=O)COc3ccc(C)cc3OC)cc2)cc1. The van der Waals surface area contributed by atoms with Gasteiger partial charge >= 0.3 is 0 Å². The average Bonchev–Trinajstić information content (AvgIpc) is 2.80. The van der Waals surface area contributed by atoms with Gasteiger partial charge in [-0.05, 0) is 80.1 Å². The van der Waals surface area contributed by atoms with Gasteiger partial charge < -0.3 is 19.5 Å². The summed E-state index contributed by atoms with van der Waals surface area (Å²) in [4.78, 5) is 12.3. The minimum atomic E-state index is -3.78. The molecule has 33 heavy (non-hydrogen) atoms. The molecule has 0 unspecified atom stereocenters. The van der Waals surface area contributed by atoms with E-state index in [0.717, 1.165) is 5.56 Å². The van der Waals surface area contributed by atoms with Crippen molar-refractivity contribution in [1.82, 2.24) is 0 Å². The van der Waals surface area contributed by atoms with Crippen molar-refractivity contribution >= 4 is 27.3 Å². The number of amides is 1. The minimum Gasteiger partial charge on any atom is -0.494 e. The Labute approximate surface area is 193 Å². The lowest BCUT2D eigenvalue weighted by Crippen LogP contribution is -2.20. The summed E-state index contributed by atoms with van der Waals surface area (Å²) in [6, 6.07) is 17.9. The fraction of sp³-hybridized carbons (Fsp3) is 0.208. The van der Waals surface area contributed by atoms with Crippen LogP contribution in [0.1, 0.15) is 12.5 Å². The summed E-state index contributed by atoms with van der Waals surface area (Å²) in [6.45, 7) is 4.10. The van der Waals surface area contributed by atoms with E-state index in [1.54, 1.807) is 30.3 Å². The Bertz CT molecular complexity index is 1190. The molecule has 0 bridgehead atoms. The lowest BCUT2D eigenvalue weighted by atomic mass is 10.2. The van der Waals surface area contributed by atoms with Crippen molar-refractivity contribution in [2.45, 2.75) is 18.7 Å². The second-order valence-electron chi connectivity index (χ2n) is 7.08. The van der Waals surface area contributed by atoms with Gasteiger partial charge in [0.05, 0.1) is 18.6 Å². The van der Waals surface area contributed by atoms with Gasteiger partial charge in [0, 0.05) is 11.4 Å². The number of carbonyl (C=O) groups excluding carboxylic acids is 1. The highest BCUT2D eigenvalue weighted by atomic mass is 32.2. The molecule has 174 valence electrons. The maximum Gasteiger partial charge on any atom is 0.262 e. The third-order valence-corrected chi connectivity index (χ3v) is 5.94. The van der Waals surface area contributed by atoms with Crippen molar-refractivity contribution in [3.63, 3.8) is 0 Å². The van der Waals surface area contributed by atoms with Gasteiger partial charge in [0.2, 0.25) is 0 Å². The maximum absolute atomic E-state index is 12.6. The molecule has 0 atom stereocenters. The van der Waals surface area contributed by atoms with Gasteiger partial charge in [-0.1, -0.05) is 6.07 Å². The highest BCUT2D eigenvalue weighted by Gasteiger charge is 2.15. The minimum absolute atomic E-state index is 0.0648. The van der Waals surface area contributed by atoms with E-state index in [0.29, 0.717) is 35.2 Å². The summed E-state index contributed by atoms with van der Waals surface area (Å²) < 4.78 is 43.9. The molecule has 0 aliphatic carbocycles. The van der Waals surface area contributed by atoms with E-state index in [1.807, 2.05) is 26.0 Å². The monoisotopic (exact) mass is 470 g/mol. The van der Waals surface area contributed by atoms with E-state index < -0.39 is 10.0 Å². The molecule has 0 aliphatic heterocycles. The van der Waals surface area contributed by atoms with Crippen molar-refractivity contribution in [2.24, 2.45) is 0 Å². The lowest BCUT2D eigenvalue weighted by Gasteiger charge is -2.12. The van der Waals surface area contributed by atoms with E-state index in [-0.39, 0.29) is 17.4 Å². The number of methoxy groups -OCH3 is 1. The normalized spacial score (nSPS) is 10.9. The van der Waals surface area contributed by atoms with E-state index >= 15 is 0 Å². The summed E-state index contributed by atoms with van der Waals surface area (Å²) in [7, 11) is -2.25. The molecule has 0 saturated carbocycles. The average molecular weight is 471 g/mol. The standard InChI is InChI=1S/C24H26N2O6S/c1-4-31-20-10-6-19(7-11-20)26-33(28,29)21-12-8-18(9-13-21)25-24(27)16-32-22-14-5-17(2)15-23(22)30-3/h5-15,26H,4,16H2,1-3H3,(H,25,27). The van der Waals surface area contributed by atoms with Crippen molar-refractivity contribution in [3.8, 4) is 17.2 Å². The number of benzene rings is 3. The number of carbonyl (C=O) groups is 1. The van der Waals surface area contributed by atoms with Gasteiger partial charge in [-0.25, -0.2) is 8.42 Å². The van der Waals surface area contributed by atoms with E-state index in [4.69, 9.17) is 14.2 Å². The predicted octanol–water partition coefficient (Wildman–Crippen LogP) is 4.22. The summed E-state index contributed by atoms with van der Waals surface area (Å²) in [5.41, 5.74) is 1.87. The molecule has 1 amide bonds. The smallest absolute Gasteiger partial charge is 0.262 e. The molecule has 8 nitrogen and oxygen atoms in total. The Morgan fingerprint density at radius 1 is 0.879 bits per heavy atom. The molecule has 3 rings (SSSR count). The van der Waals surface area contributed by atoms with Crippen LogP contribution in [0, 0.1) is 6.92 Å². The number of anilines is 2. The highest BCUT2D eigenvalue weighted by molar-refractivity contribution is 7.92. The first-order chi connectivity index (χ1) is 15.8. The quantitative estimate of drug-likeness (QED) is 0.460. The van der Waals surface area contributed by atoms with Crippen molar-refractivity contribution in [3.05, 3.63) is 72.3 Å². The first-order valence-corrected chi connectivity index (χ1v) is 11.7. The molecule has 9 heteroatoms. The first kappa shape index (κ1) is 23.9. The number of hydrogen-bond donors (Lipinski definition) is 2. The van der Waals surface area contributed by atoms with E-state index in [2.05, 4.69) is 10.0 Å². The zero-order chi connectivity index (χ0) is 23.8. The molecule has 3 aromatic carbocycles. The zero-order valence-electron chi connectivity index (χ0n) is 18.6. The number of hydrogen-bond acceptors (Lipinski definition) is 6. The molecular formula is C24H26N2O6S. The molecule has 0 aliphatic rings. The van der Waals surface area contributed by atoms with Gasteiger partial charge in [-0.15, -0.1) is 0 Å². The largest absolute Gasteiger partial charge is 0.494 e. The highest BCUT2D eigenvalue weighted by Crippen LogP contribution is 2.27. The number of ether oxygens (including phenoxy) is 3. The molecule has 0 heterocycles. The Balaban J connectivity index is 1.58. The maximum atomic E-state index is 12.6. The summed E-state index contributed by atoms with van der Waals surface area (Å²) >= 11 is 0. The Morgan fingerprint density at radius 3 is 2.18 bits per heavy atom. The van der Waals surface area contributed by atoms with E-state index in [1.165, 1.54) is 31.4 Å². The first-order valence-electron chi connectivity index (χ1n) is 10.2. The van der Waals surface area contributed by atoms with Crippen LogP contribution in [-0.4, -0.2) is 34.6 Å². The number of sulfonamides is 1. The Kier molecular flexibility index (Phi) is 7.78. The van der Waals surface area contributed by atoms with Crippen LogP contribution in [0.5, 0.6) is 17.2 Å². The Morgan fingerprint density at radius 2 is 1.55 bits per heavy atom. The van der Waals surface area contributed by atoms with Crippen LogP contribution in [0.4, 0.5) is 11.4 Å². The third-order valence-electron chi connectivity index (χ3n) is 4.54. The molecule has 0 spiro atoms. The third kappa shape index (κ3) is 6.63. The number of aryl methyl sites for hydroxylation is 1. The van der Waals surface area contributed by atoms with Crippen molar-refractivity contribution in [2.75, 3.05) is 30.4 Å². The lowest BCUT2D eigenvalue weighted by molar-refractivity contribution is -0.118. The van der Waals surface area contributed by atoms with E-state index in [9.17, 15) is 13.2 Å². The second-order valence-corrected chi connectivity index (χ2v) is 8.76. The van der Waals surface area contributed by atoms with Crippen LogP contribution in [0.2, 0.25) is 0 Å². The topological polar surface area (TPSA) is 103 Å². The molecule has 0 saturated heterocycles. The van der Waals surface area contributed by atoms with Crippen LogP contribution < -0.4 is 24.2 Å². The second kappa shape index (κ2) is 10.7. The van der Waals surface area contributed by atoms with Crippen molar-refractivity contribution < 1.29 is 27.4 Å². The summed E-state index contributed by atoms with van der Waals surface area (Å²) in [5, 5.41) is 2.67. The molecule has 3 aromatic rings. The molecule has 0 radical (unpaired) electrons.